The lowest BCUT2D eigenvalue weighted by Gasteiger charge is -2.47. The number of rotatable bonds is 4. The van der Waals surface area contributed by atoms with Crippen LogP contribution in [-0.2, 0) is 22.7 Å². The fourth-order valence-corrected chi connectivity index (χ4v) is 4.41. The van der Waals surface area contributed by atoms with Crippen LogP contribution >= 0.6 is 0 Å². The van der Waals surface area contributed by atoms with E-state index in [0.29, 0.717) is 19.5 Å². The van der Waals surface area contributed by atoms with Gasteiger partial charge in [0.25, 0.3) is 0 Å². The van der Waals surface area contributed by atoms with Gasteiger partial charge in [0.05, 0.1) is 0 Å². The largest absolute Gasteiger partial charge is 0.341 e. The molecule has 2 aromatic heterocycles. The van der Waals surface area contributed by atoms with Crippen LogP contribution in [0.5, 0.6) is 0 Å². The molecule has 1 spiro atoms. The molecule has 2 saturated heterocycles. The molecule has 2 aliphatic heterocycles. The second-order valence-electron chi connectivity index (χ2n) is 8.09. The Morgan fingerprint density at radius 2 is 2.04 bits per heavy atom. The highest BCUT2D eigenvalue weighted by Crippen LogP contribution is 2.40. The highest BCUT2D eigenvalue weighted by molar-refractivity contribution is 5.77. The summed E-state index contributed by atoms with van der Waals surface area (Å²) in [7, 11) is 0. The van der Waals surface area contributed by atoms with E-state index in [1.807, 2.05) is 45.8 Å². The van der Waals surface area contributed by atoms with Crippen LogP contribution in [0, 0.1) is 12.3 Å². The molecule has 0 aliphatic carbocycles. The molecule has 4 rings (SSSR count). The number of imidazole rings is 1. The zero-order valence-corrected chi connectivity index (χ0v) is 16.4. The topological polar surface area (TPSA) is 71.3 Å². The van der Waals surface area contributed by atoms with Crippen molar-refractivity contribution in [3.05, 3.63) is 48.3 Å². The number of carbonyl (C=O) groups is 2. The highest BCUT2D eigenvalue weighted by atomic mass is 16.2. The third-order valence-corrected chi connectivity index (χ3v) is 6.25. The van der Waals surface area contributed by atoms with Gasteiger partial charge in [-0.3, -0.25) is 14.6 Å². The minimum absolute atomic E-state index is 0.137. The van der Waals surface area contributed by atoms with Gasteiger partial charge in [-0.1, -0.05) is 6.07 Å². The lowest BCUT2D eigenvalue weighted by atomic mass is 9.72. The van der Waals surface area contributed by atoms with Crippen LogP contribution < -0.4 is 0 Å². The quantitative estimate of drug-likeness (QED) is 0.812. The first-order valence-electron chi connectivity index (χ1n) is 9.97. The van der Waals surface area contributed by atoms with Crippen molar-refractivity contribution in [1.29, 1.82) is 0 Å². The van der Waals surface area contributed by atoms with Crippen molar-refractivity contribution in [1.82, 2.24) is 24.3 Å². The zero-order valence-electron chi connectivity index (χ0n) is 16.4. The molecule has 0 unspecified atom stereocenters. The Labute approximate surface area is 165 Å². The summed E-state index contributed by atoms with van der Waals surface area (Å²) in [6.45, 7) is 5.20. The molecular formula is C21H27N5O2. The van der Waals surface area contributed by atoms with Gasteiger partial charge >= 0.3 is 0 Å². The molecule has 4 heterocycles. The Hall–Kier alpha value is -2.70. The van der Waals surface area contributed by atoms with Gasteiger partial charge in [0.1, 0.15) is 12.4 Å². The number of amides is 2. The summed E-state index contributed by atoms with van der Waals surface area (Å²) in [4.78, 5) is 37.4. The van der Waals surface area contributed by atoms with E-state index in [1.165, 1.54) is 0 Å². The molecule has 0 atom stereocenters. The van der Waals surface area contributed by atoms with Crippen molar-refractivity contribution in [2.45, 2.75) is 45.7 Å². The maximum absolute atomic E-state index is 12.7. The molecule has 0 aromatic carbocycles. The molecule has 2 fully saturated rings. The van der Waals surface area contributed by atoms with Crippen molar-refractivity contribution in [3.8, 4) is 0 Å². The molecule has 2 aliphatic rings. The number of likely N-dealkylation sites (tertiary alicyclic amines) is 2. The highest BCUT2D eigenvalue weighted by Gasteiger charge is 2.41. The van der Waals surface area contributed by atoms with E-state index in [-0.39, 0.29) is 17.2 Å². The SMILES string of the molecule is Cc1nccn1CC(=O)N1CCC2(CCC(=O)N(Cc3cccnc3)C2)CC1. The average molecular weight is 381 g/mol. The Morgan fingerprint density at radius 1 is 1.21 bits per heavy atom. The number of piperidine rings is 2. The van der Waals surface area contributed by atoms with Crippen LogP contribution in [0.15, 0.2) is 36.9 Å². The predicted octanol–water partition coefficient (Wildman–Crippen LogP) is 2.02. The third kappa shape index (κ3) is 3.93. The minimum Gasteiger partial charge on any atom is -0.341 e. The maximum Gasteiger partial charge on any atom is 0.242 e. The molecule has 7 heteroatoms. The monoisotopic (exact) mass is 381 g/mol. The summed E-state index contributed by atoms with van der Waals surface area (Å²) in [5.41, 5.74) is 1.20. The summed E-state index contributed by atoms with van der Waals surface area (Å²) in [6.07, 6.45) is 10.6. The van der Waals surface area contributed by atoms with Crippen LogP contribution in [0.4, 0.5) is 0 Å². The van der Waals surface area contributed by atoms with Crippen LogP contribution in [-0.4, -0.2) is 55.8 Å². The van der Waals surface area contributed by atoms with E-state index in [0.717, 1.165) is 50.3 Å². The Kier molecular flexibility index (Phi) is 5.15. The first-order valence-corrected chi connectivity index (χ1v) is 9.97. The van der Waals surface area contributed by atoms with E-state index in [4.69, 9.17) is 0 Å². The summed E-state index contributed by atoms with van der Waals surface area (Å²) in [6, 6.07) is 3.92. The fourth-order valence-electron chi connectivity index (χ4n) is 4.41. The minimum atomic E-state index is 0.137. The smallest absolute Gasteiger partial charge is 0.242 e. The predicted molar refractivity (Wildman–Crippen MR) is 104 cm³/mol. The van der Waals surface area contributed by atoms with Crippen LogP contribution in [0.2, 0.25) is 0 Å². The molecule has 28 heavy (non-hydrogen) atoms. The lowest BCUT2D eigenvalue weighted by Crippen LogP contribution is -2.52. The molecule has 148 valence electrons. The van der Waals surface area contributed by atoms with E-state index < -0.39 is 0 Å². The maximum atomic E-state index is 12.7. The van der Waals surface area contributed by atoms with Crippen LogP contribution in [0.1, 0.15) is 37.1 Å². The fraction of sp³-hybridized carbons (Fsp3) is 0.524. The van der Waals surface area contributed by atoms with Gasteiger partial charge in [-0.25, -0.2) is 4.98 Å². The second kappa shape index (κ2) is 7.73. The molecule has 2 aromatic rings. The van der Waals surface area contributed by atoms with E-state index in [1.54, 1.807) is 12.4 Å². The first kappa shape index (κ1) is 18.7. The Balaban J connectivity index is 1.35. The summed E-state index contributed by atoms with van der Waals surface area (Å²) >= 11 is 0. The molecular weight excluding hydrogens is 354 g/mol. The Morgan fingerprint density at radius 3 is 2.71 bits per heavy atom. The number of nitrogens with zero attached hydrogens (tertiary/aromatic N) is 5. The normalized spacial score (nSPS) is 19.2. The van der Waals surface area contributed by atoms with Crippen LogP contribution in [0.3, 0.4) is 0 Å². The van der Waals surface area contributed by atoms with Gasteiger partial charge in [0.15, 0.2) is 0 Å². The molecule has 0 bridgehead atoms. The lowest BCUT2D eigenvalue weighted by molar-refractivity contribution is -0.143. The van der Waals surface area contributed by atoms with Crippen molar-refractivity contribution in [2.24, 2.45) is 5.41 Å². The number of aromatic nitrogens is 3. The molecule has 0 N–H and O–H groups in total. The molecule has 7 nitrogen and oxygen atoms in total. The van der Waals surface area contributed by atoms with Gasteiger partial charge in [0.2, 0.25) is 11.8 Å². The van der Waals surface area contributed by atoms with E-state index in [9.17, 15) is 9.59 Å². The second-order valence-corrected chi connectivity index (χ2v) is 8.09. The number of carbonyl (C=O) groups excluding carboxylic acids is 2. The number of hydrogen-bond acceptors (Lipinski definition) is 4. The Bertz CT molecular complexity index is 839. The third-order valence-electron chi connectivity index (χ3n) is 6.25. The van der Waals surface area contributed by atoms with Gasteiger partial charge in [0, 0.05) is 57.4 Å². The van der Waals surface area contributed by atoms with Crippen molar-refractivity contribution < 1.29 is 9.59 Å². The zero-order chi connectivity index (χ0) is 19.6. The summed E-state index contributed by atoms with van der Waals surface area (Å²) in [5.74, 6) is 1.23. The number of hydrogen-bond donors (Lipinski definition) is 0. The molecule has 0 radical (unpaired) electrons. The van der Waals surface area contributed by atoms with Gasteiger partial charge in [-0.05, 0) is 43.2 Å². The van der Waals surface area contributed by atoms with Crippen molar-refractivity contribution in [3.63, 3.8) is 0 Å². The van der Waals surface area contributed by atoms with E-state index >= 15 is 0 Å². The first-order chi connectivity index (χ1) is 13.5. The van der Waals surface area contributed by atoms with E-state index in [2.05, 4.69) is 9.97 Å². The number of pyridine rings is 1. The standard InChI is InChI=1S/C21H27N5O2/c1-17-23-9-12-25(17)15-20(28)24-10-6-21(7-11-24)5-4-19(27)26(16-21)14-18-3-2-8-22-13-18/h2-3,8-9,12-13H,4-7,10-11,14-16H2,1H3. The van der Waals surface area contributed by atoms with Gasteiger partial charge in [-0.2, -0.15) is 0 Å². The summed E-state index contributed by atoms with van der Waals surface area (Å²) < 4.78 is 1.89. The van der Waals surface area contributed by atoms with Gasteiger partial charge < -0.3 is 14.4 Å². The van der Waals surface area contributed by atoms with Gasteiger partial charge in [-0.15, -0.1) is 0 Å². The average Bonchev–Trinajstić information content (AvgIpc) is 3.11. The van der Waals surface area contributed by atoms with Crippen molar-refractivity contribution >= 4 is 11.8 Å². The molecule has 0 saturated carbocycles. The summed E-state index contributed by atoms with van der Waals surface area (Å²) in [5, 5.41) is 0. The van der Waals surface area contributed by atoms with Crippen molar-refractivity contribution in [2.75, 3.05) is 19.6 Å². The molecule has 2 amide bonds. The van der Waals surface area contributed by atoms with Crippen LogP contribution in [0.25, 0.3) is 0 Å². The number of aryl methyl sites for hydroxylation is 1.